The van der Waals surface area contributed by atoms with Crippen LogP contribution in [-0.4, -0.2) is 63.2 Å². The molecule has 0 radical (unpaired) electrons. The van der Waals surface area contributed by atoms with Crippen molar-refractivity contribution in [2.75, 3.05) is 40.4 Å². The molecule has 6 nitrogen and oxygen atoms in total. The van der Waals surface area contributed by atoms with Gasteiger partial charge in [0.05, 0.1) is 19.8 Å². The summed E-state index contributed by atoms with van der Waals surface area (Å²) in [5.41, 5.74) is 0. The molecule has 0 aromatic rings. The van der Waals surface area contributed by atoms with E-state index in [1.54, 1.807) is 14.1 Å². The lowest BCUT2D eigenvalue weighted by Gasteiger charge is -2.27. The van der Waals surface area contributed by atoms with Crippen LogP contribution >= 0.6 is 0 Å². The van der Waals surface area contributed by atoms with Gasteiger partial charge in [-0.1, -0.05) is 0 Å². The van der Waals surface area contributed by atoms with Gasteiger partial charge in [-0.2, -0.15) is 0 Å². The minimum absolute atomic E-state index is 0.0769. The van der Waals surface area contributed by atoms with Gasteiger partial charge >= 0.3 is 0 Å². The molecule has 1 saturated heterocycles. The van der Waals surface area contributed by atoms with Crippen LogP contribution in [-0.2, 0) is 14.3 Å². The number of amides is 2. The highest BCUT2D eigenvalue weighted by molar-refractivity contribution is 5.87. The number of hydrogen-bond acceptors (Lipinski definition) is 4. The molecule has 1 fully saturated rings. The van der Waals surface area contributed by atoms with E-state index in [1.807, 2.05) is 0 Å². The lowest BCUT2D eigenvalue weighted by molar-refractivity contribution is -0.138. The van der Waals surface area contributed by atoms with Crippen LogP contribution < -0.4 is 10.6 Å². The molecule has 2 N–H and O–H groups in total. The Kier molecular flexibility index (Phi) is 4.51. The second-order valence-electron chi connectivity index (χ2n) is 3.45. The van der Waals surface area contributed by atoms with Crippen molar-refractivity contribution in [3.63, 3.8) is 0 Å². The third-order valence-electron chi connectivity index (χ3n) is 2.26. The molecule has 1 aliphatic rings. The van der Waals surface area contributed by atoms with Crippen molar-refractivity contribution >= 4 is 11.8 Å². The third kappa shape index (κ3) is 3.49. The molecule has 0 spiro atoms. The maximum absolute atomic E-state index is 11.8. The number of carbonyl (C=O) groups excluding carboxylic acids is 2. The van der Waals surface area contributed by atoms with Gasteiger partial charge in [-0.15, -0.1) is 0 Å². The molecule has 0 aromatic heterocycles. The standard InChI is InChI=1S/C9H17N3O3/c1-10-8(13)5-12(2)9(14)7-6-15-4-3-11-7/h7,11H,3-6H2,1-2H3,(H,10,13). The average Bonchev–Trinajstić information content (AvgIpc) is 2.29. The first-order valence-electron chi connectivity index (χ1n) is 4.92. The topological polar surface area (TPSA) is 70.7 Å². The van der Waals surface area contributed by atoms with Gasteiger partial charge in [-0.3, -0.25) is 9.59 Å². The fourth-order valence-electron chi connectivity index (χ4n) is 1.36. The highest BCUT2D eigenvalue weighted by Gasteiger charge is 2.24. The number of ether oxygens (including phenoxy) is 1. The van der Waals surface area contributed by atoms with Gasteiger partial charge in [-0.05, 0) is 0 Å². The quantitative estimate of drug-likeness (QED) is 0.581. The fraction of sp³-hybridized carbons (Fsp3) is 0.778. The molecule has 2 amide bonds. The van der Waals surface area contributed by atoms with Gasteiger partial charge in [0, 0.05) is 20.6 Å². The highest BCUT2D eigenvalue weighted by atomic mass is 16.5. The second kappa shape index (κ2) is 5.67. The van der Waals surface area contributed by atoms with Crippen LogP contribution in [0.4, 0.5) is 0 Å². The lowest BCUT2D eigenvalue weighted by Crippen LogP contribution is -2.53. The van der Waals surface area contributed by atoms with Crippen LogP contribution in [0.1, 0.15) is 0 Å². The number of nitrogens with zero attached hydrogens (tertiary/aromatic N) is 1. The Hall–Kier alpha value is -1.14. The zero-order valence-corrected chi connectivity index (χ0v) is 9.08. The summed E-state index contributed by atoms with van der Waals surface area (Å²) < 4.78 is 5.17. The van der Waals surface area contributed by atoms with Crippen molar-refractivity contribution in [2.24, 2.45) is 0 Å². The number of likely N-dealkylation sites (N-methyl/N-ethyl adjacent to an activating group) is 2. The van der Waals surface area contributed by atoms with Gasteiger partial charge in [0.1, 0.15) is 6.04 Å². The van der Waals surface area contributed by atoms with E-state index in [9.17, 15) is 9.59 Å². The Morgan fingerprint density at radius 1 is 1.60 bits per heavy atom. The Balaban J connectivity index is 2.40. The molecule has 1 unspecified atom stereocenters. The predicted octanol–water partition coefficient (Wildman–Crippen LogP) is -1.82. The zero-order valence-electron chi connectivity index (χ0n) is 9.08. The van der Waals surface area contributed by atoms with Crippen molar-refractivity contribution in [3.05, 3.63) is 0 Å². The lowest BCUT2D eigenvalue weighted by atomic mass is 10.2. The van der Waals surface area contributed by atoms with Crippen LogP contribution in [0.3, 0.4) is 0 Å². The molecule has 86 valence electrons. The van der Waals surface area contributed by atoms with Crippen LogP contribution in [0.5, 0.6) is 0 Å². The van der Waals surface area contributed by atoms with Crippen LogP contribution in [0, 0.1) is 0 Å². The van der Waals surface area contributed by atoms with E-state index in [1.165, 1.54) is 4.90 Å². The third-order valence-corrected chi connectivity index (χ3v) is 2.26. The van der Waals surface area contributed by atoms with E-state index < -0.39 is 0 Å². The molecule has 1 aliphatic heterocycles. The summed E-state index contributed by atoms with van der Waals surface area (Å²) in [7, 11) is 3.15. The van der Waals surface area contributed by atoms with Gasteiger partial charge in [0.2, 0.25) is 11.8 Å². The largest absolute Gasteiger partial charge is 0.378 e. The summed E-state index contributed by atoms with van der Waals surface area (Å²) in [6.07, 6.45) is 0. The van der Waals surface area contributed by atoms with Gasteiger partial charge < -0.3 is 20.3 Å². The first kappa shape index (κ1) is 11.9. The molecule has 6 heteroatoms. The van der Waals surface area contributed by atoms with Crippen molar-refractivity contribution in [1.29, 1.82) is 0 Å². The minimum Gasteiger partial charge on any atom is -0.378 e. The molecule has 1 rings (SSSR count). The van der Waals surface area contributed by atoms with Crippen LogP contribution in [0.15, 0.2) is 0 Å². The number of morpholine rings is 1. The van der Waals surface area contributed by atoms with E-state index in [0.29, 0.717) is 19.8 Å². The van der Waals surface area contributed by atoms with Crippen molar-refractivity contribution < 1.29 is 14.3 Å². The van der Waals surface area contributed by atoms with E-state index in [0.717, 1.165) is 0 Å². The zero-order chi connectivity index (χ0) is 11.3. The Bertz CT molecular complexity index is 239. The summed E-state index contributed by atoms with van der Waals surface area (Å²) in [5.74, 6) is -0.291. The van der Waals surface area contributed by atoms with E-state index in [-0.39, 0.29) is 24.4 Å². The average molecular weight is 215 g/mol. The monoisotopic (exact) mass is 215 g/mol. The number of carbonyl (C=O) groups is 2. The maximum atomic E-state index is 11.8. The maximum Gasteiger partial charge on any atom is 0.242 e. The first-order chi connectivity index (χ1) is 7.15. The molecule has 1 atom stereocenters. The van der Waals surface area contributed by atoms with Crippen LogP contribution in [0.25, 0.3) is 0 Å². The molecule has 1 heterocycles. The van der Waals surface area contributed by atoms with E-state index in [2.05, 4.69) is 10.6 Å². The number of hydrogen-bond donors (Lipinski definition) is 2. The summed E-state index contributed by atoms with van der Waals surface area (Å²) >= 11 is 0. The molecule has 15 heavy (non-hydrogen) atoms. The summed E-state index contributed by atoms with van der Waals surface area (Å²) in [4.78, 5) is 24.2. The summed E-state index contributed by atoms with van der Waals surface area (Å²) in [5, 5.41) is 5.51. The van der Waals surface area contributed by atoms with Gasteiger partial charge in [-0.25, -0.2) is 0 Å². The van der Waals surface area contributed by atoms with Gasteiger partial charge in [0.15, 0.2) is 0 Å². The predicted molar refractivity (Wildman–Crippen MR) is 54.3 cm³/mol. The Morgan fingerprint density at radius 3 is 2.87 bits per heavy atom. The number of nitrogens with one attached hydrogen (secondary N) is 2. The molecular weight excluding hydrogens is 198 g/mol. The summed E-state index contributed by atoms with van der Waals surface area (Å²) in [6.45, 7) is 1.75. The molecule has 0 aliphatic carbocycles. The number of rotatable bonds is 3. The van der Waals surface area contributed by atoms with Crippen LogP contribution in [0.2, 0.25) is 0 Å². The highest BCUT2D eigenvalue weighted by Crippen LogP contribution is 1.97. The molecule has 0 bridgehead atoms. The Labute approximate surface area is 88.9 Å². The SMILES string of the molecule is CNC(=O)CN(C)C(=O)C1COCCN1. The summed E-state index contributed by atoms with van der Waals surface area (Å²) in [6, 6.07) is -0.326. The molecular formula is C9H17N3O3. The Morgan fingerprint density at radius 2 is 2.33 bits per heavy atom. The first-order valence-corrected chi connectivity index (χ1v) is 4.92. The van der Waals surface area contributed by atoms with Crippen molar-refractivity contribution in [1.82, 2.24) is 15.5 Å². The smallest absolute Gasteiger partial charge is 0.242 e. The minimum atomic E-state index is -0.326. The van der Waals surface area contributed by atoms with E-state index in [4.69, 9.17) is 4.74 Å². The van der Waals surface area contributed by atoms with Crippen molar-refractivity contribution in [3.8, 4) is 0 Å². The normalized spacial score (nSPS) is 20.8. The second-order valence-corrected chi connectivity index (χ2v) is 3.45. The van der Waals surface area contributed by atoms with Crippen molar-refractivity contribution in [2.45, 2.75) is 6.04 Å². The van der Waals surface area contributed by atoms with Gasteiger partial charge in [0.25, 0.3) is 0 Å². The fourth-order valence-corrected chi connectivity index (χ4v) is 1.36. The van der Waals surface area contributed by atoms with E-state index >= 15 is 0 Å². The molecule has 0 aromatic carbocycles. The molecule has 0 saturated carbocycles.